The van der Waals surface area contributed by atoms with Crippen LogP contribution in [0.2, 0.25) is 0 Å². The number of nitrogens with two attached hydrogens (primary N) is 1. The normalized spacial score (nSPS) is 15.7. The second kappa shape index (κ2) is 13.2. The summed E-state index contributed by atoms with van der Waals surface area (Å²) in [7, 11) is 3.72. The predicted molar refractivity (Wildman–Crippen MR) is 143 cm³/mol. The number of benzene rings is 1. The lowest BCUT2D eigenvalue weighted by molar-refractivity contribution is 0.100. The van der Waals surface area contributed by atoms with Gasteiger partial charge in [0.2, 0.25) is 23.8 Å². The number of anilines is 4. The Balaban J connectivity index is 0.00000432. The number of hydrogen-bond acceptors (Lipinski definition) is 9. The Hall–Kier alpha value is -2.98. The summed E-state index contributed by atoms with van der Waals surface area (Å²) in [6, 6.07) is 5.55. The first kappa shape index (κ1) is 28.3. The Morgan fingerprint density at radius 1 is 1.29 bits per heavy atom. The van der Waals surface area contributed by atoms with Crippen molar-refractivity contribution >= 4 is 29.4 Å². The van der Waals surface area contributed by atoms with Crippen molar-refractivity contribution in [2.45, 2.75) is 47.1 Å². The van der Waals surface area contributed by atoms with Crippen molar-refractivity contribution in [2.24, 2.45) is 11.7 Å². The number of nitrogens with one attached hydrogen (secondary N) is 2. The Morgan fingerprint density at radius 2 is 2.03 bits per heavy atom. The quantitative estimate of drug-likeness (QED) is 0.388. The molecule has 0 bridgehead atoms. The fourth-order valence-corrected chi connectivity index (χ4v) is 4.08. The minimum atomic E-state index is -0.477. The first-order valence-corrected chi connectivity index (χ1v) is 11.9. The average Bonchev–Trinajstić information content (AvgIpc) is 3.21. The van der Waals surface area contributed by atoms with E-state index in [9.17, 15) is 4.79 Å². The van der Waals surface area contributed by atoms with Crippen molar-refractivity contribution in [1.29, 1.82) is 0 Å². The van der Waals surface area contributed by atoms with E-state index in [1.54, 1.807) is 19.2 Å². The first-order chi connectivity index (χ1) is 16.2. The van der Waals surface area contributed by atoms with Crippen LogP contribution in [-0.4, -0.2) is 78.7 Å². The van der Waals surface area contributed by atoms with Crippen molar-refractivity contribution in [2.75, 3.05) is 62.5 Å². The highest BCUT2D eigenvalue weighted by atomic mass is 16.5. The molecule has 4 N–H and O–H groups in total. The van der Waals surface area contributed by atoms with E-state index < -0.39 is 5.91 Å². The van der Waals surface area contributed by atoms with Crippen molar-refractivity contribution in [3.8, 4) is 0 Å². The zero-order valence-corrected chi connectivity index (χ0v) is 21.0. The van der Waals surface area contributed by atoms with E-state index in [4.69, 9.17) is 15.5 Å². The number of nitrogens with zero attached hydrogens (tertiary/aromatic N) is 5. The number of primary amides is 1. The monoisotopic (exact) mass is 486 g/mol. The Labute approximate surface area is 209 Å². The number of aromatic nitrogens is 3. The summed E-state index contributed by atoms with van der Waals surface area (Å²) < 4.78 is 5.17. The van der Waals surface area contributed by atoms with Crippen LogP contribution in [0, 0.1) is 12.8 Å². The SMILES string of the molecule is C.COCCCN1CCC(Nc2nc(Nc3cc(C(N)=O)ccc3C)nc(N(C)CC(C)C)n2)C1. The van der Waals surface area contributed by atoms with Gasteiger partial charge in [0.1, 0.15) is 0 Å². The summed E-state index contributed by atoms with van der Waals surface area (Å²) >= 11 is 0. The van der Waals surface area contributed by atoms with Gasteiger partial charge in [-0.05, 0) is 43.4 Å². The number of amides is 1. The Kier molecular flexibility index (Phi) is 10.7. The molecule has 1 atom stereocenters. The number of hydrogen-bond donors (Lipinski definition) is 3. The van der Waals surface area contributed by atoms with Crippen LogP contribution in [0.1, 0.15) is 50.0 Å². The molecule has 194 valence electrons. The highest BCUT2D eigenvalue weighted by molar-refractivity contribution is 5.94. The molecular formula is C25H42N8O2. The van der Waals surface area contributed by atoms with Crippen molar-refractivity contribution in [3.63, 3.8) is 0 Å². The lowest BCUT2D eigenvalue weighted by atomic mass is 10.1. The van der Waals surface area contributed by atoms with Crippen molar-refractivity contribution in [3.05, 3.63) is 29.3 Å². The number of aryl methyl sites for hydroxylation is 1. The van der Waals surface area contributed by atoms with Gasteiger partial charge in [-0.1, -0.05) is 27.3 Å². The van der Waals surface area contributed by atoms with Gasteiger partial charge in [0.25, 0.3) is 0 Å². The summed E-state index contributed by atoms with van der Waals surface area (Å²) in [5, 5.41) is 6.77. The van der Waals surface area contributed by atoms with E-state index in [1.165, 1.54) is 0 Å². The number of rotatable bonds is 12. The van der Waals surface area contributed by atoms with Gasteiger partial charge in [0, 0.05) is 64.2 Å². The van der Waals surface area contributed by atoms with Crippen LogP contribution in [-0.2, 0) is 4.74 Å². The van der Waals surface area contributed by atoms with Gasteiger partial charge in [-0.15, -0.1) is 0 Å². The van der Waals surface area contributed by atoms with Crippen LogP contribution in [0.3, 0.4) is 0 Å². The van der Waals surface area contributed by atoms with E-state index in [-0.39, 0.29) is 13.5 Å². The topological polar surface area (TPSA) is 122 Å². The number of carbonyl (C=O) groups excluding carboxylic acids is 1. The minimum absolute atomic E-state index is 0. The molecule has 1 aromatic heterocycles. The number of likely N-dealkylation sites (tertiary alicyclic amines) is 1. The van der Waals surface area contributed by atoms with E-state index >= 15 is 0 Å². The average molecular weight is 487 g/mol. The fraction of sp³-hybridized carbons (Fsp3) is 0.600. The molecule has 1 aliphatic rings. The third-order valence-electron chi connectivity index (χ3n) is 5.80. The summed E-state index contributed by atoms with van der Waals surface area (Å²) in [6.07, 6.45) is 2.05. The molecule has 0 radical (unpaired) electrons. The molecule has 35 heavy (non-hydrogen) atoms. The molecule has 0 aliphatic carbocycles. The van der Waals surface area contributed by atoms with E-state index in [1.807, 2.05) is 24.9 Å². The van der Waals surface area contributed by atoms with Crippen LogP contribution < -0.4 is 21.3 Å². The largest absolute Gasteiger partial charge is 0.385 e. The highest BCUT2D eigenvalue weighted by Crippen LogP contribution is 2.23. The molecule has 10 heteroatoms. The van der Waals surface area contributed by atoms with Crippen molar-refractivity contribution < 1.29 is 9.53 Å². The van der Waals surface area contributed by atoms with Gasteiger partial charge >= 0.3 is 0 Å². The van der Waals surface area contributed by atoms with Gasteiger partial charge in [-0.3, -0.25) is 4.79 Å². The smallest absolute Gasteiger partial charge is 0.248 e. The van der Waals surface area contributed by atoms with Gasteiger partial charge in [0.05, 0.1) is 0 Å². The molecule has 1 unspecified atom stereocenters. The van der Waals surface area contributed by atoms with Gasteiger partial charge < -0.3 is 30.9 Å². The lowest BCUT2D eigenvalue weighted by Gasteiger charge is -2.22. The Bertz CT molecular complexity index is 968. The second-order valence-corrected chi connectivity index (χ2v) is 9.35. The number of methoxy groups -OCH3 is 1. The standard InChI is InChI=1S/C24H38N8O2.CH4/c1-16(2)14-31(4)24-29-22(26-19-9-11-32(15-19)10-6-12-34-5)28-23(30-24)27-20-13-18(21(25)33)8-7-17(20)3;/h7-8,13,16,19H,6,9-12,14-15H2,1-5H3,(H2,25,33)(H2,26,27,28,29,30);1H4. The first-order valence-electron chi connectivity index (χ1n) is 11.9. The lowest BCUT2D eigenvalue weighted by Crippen LogP contribution is -2.29. The van der Waals surface area contributed by atoms with Crippen LogP contribution in [0.5, 0.6) is 0 Å². The molecule has 1 aliphatic heterocycles. The maximum atomic E-state index is 11.6. The highest BCUT2D eigenvalue weighted by Gasteiger charge is 2.23. The maximum Gasteiger partial charge on any atom is 0.248 e. The van der Waals surface area contributed by atoms with Crippen LogP contribution in [0.4, 0.5) is 23.5 Å². The molecule has 10 nitrogen and oxygen atoms in total. The zero-order valence-electron chi connectivity index (χ0n) is 21.0. The fourth-order valence-electron chi connectivity index (χ4n) is 4.08. The van der Waals surface area contributed by atoms with Crippen molar-refractivity contribution in [1.82, 2.24) is 19.9 Å². The molecule has 2 heterocycles. The van der Waals surface area contributed by atoms with Crippen LogP contribution in [0.25, 0.3) is 0 Å². The molecule has 1 fully saturated rings. The van der Waals surface area contributed by atoms with E-state index in [2.05, 4.69) is 39.3 Å². The number of carbonyl (C=O) groups is 1. The molecule has 2 aromatic rings. The second-order valence-electron chi connectivity index (χ2n) is 9.35. The van der Waals surface area contributed by atoms with Gasteiger partial charge in [0.15, 0.2) is 0 Å². The maximum absolute atomic E-state index is 11.6. The Morgan fingerprint density at radius 3 is 2.71 bits per heavy atom. The van der Waals surface area contributed by atoms with E-state index in [0.29, 0.717) is 29.3 Å². The molecule has 1 aromatic carbocycles. The minimum Gasteiger partial charge on any atom is -0.385 e. The molecule has 1 amide bonds. The summed E-state index contributed by atoms with van der Waals surface area (Å²) in [4.78, 5) is 30.1. The molecular weight excluding hydrogens is 444 g/mol. The van der Waals surface area contributed by atoms with Crippen LogP contribution >= 0.6 is 0 Å². The zero-order chi connectivity index (χ0) is 24.7. The summed E-state index contributed by atoms with van der Waals surface area (Å²) in [6.45, 7) is 10.9. The third-order valence-corrected chi connectivity index (χ3v) is 5.80. The summed E-state index contributed by atoms with van der Waals surface area (Å²) in [5.41, 5.74) is 7.58. The summed E-state index contributed by atoms with van der Waals surface area (Å²) in [5.74, 6) is 1.53. The molecule has 3 rings (SSSR count). The number of ether oxygens (including phenoxy) is 1. The van der Waals surface area contributed by atoms with Gasteiger partial charge in [-0.2, -0.15) is 15.0 Å². The van der Waals surface area contributed by atoms with Gasteiger partial charge in [-0.25, -0.2) is 0 Å². The molecule has 0 spiro atoms. The predicted octanol–water partition coefficient (Wildman–Crippen LogP) is 3.27. The molecule has 1 saturated heterocycles. The molecule has 0 saturated carbocycles. The van der Waals surface area contributed by atoms with E-state index in [0.717, 1.165) is 56.9 Å². The third kappa shape index (κ3) is 8.32. The van der Waals surface area contributed by atoms with Crippen LogP contribution in [0.15, 0.2) is 18.2 Å².